The van der Waals surface area contributed by atoms with E-state index in [1.807, 2.05) is 19.1 Å². The summed E-state index contributed by atoms with van der Waals surface area (Å²) in [5.74, 6) is -2.89. The van der Waals surface area contributed by atoms with Crippen molar-refractivity contribution in [2.75, 3.05) is 18.1 Å². The summed E-state index contributed by atoms with van der Waals surface area (Å²) in [6.07, 6.45) is 18.5. The average Bonchev–Trinajstić information content (AvgIpc) is 3.10. The lowest BCUT2D eigenvalue weighted by Crippen LogP contribution is -2.39. The molecule has 0 aliphatic carbocycles. The predicted octanol–water partition coefficient (Wildman–Crippen LogP) is 11.8. The SMILES string of the molecule is CCCCCCCCC=CCCCCCCC(CC(O)CO)C(=O)C(C(=O)Oc1c(I)cc(I)c(N)c1I)C(CC)c1c(I)cc(I)c(N)c1I. The summed E-state index contributed by atoms with van der Waals surface area (Å²) in [6, 6.07) is 3.83. The molecule has 2 aromatic rings. The molecule has 2 aromatic carbocycles. The summed E-state index contributed by atoms with van der Waals surface area (Å²) in [4.78, 5) is 29.2. The van der Waals surface area contributed by atoms with Crippen LogP contribution in [-0.2, 0) is 9.59 Å². The first kappa shape index (κ1) is 48.4. The number of ketones is 1. The lowest BCUT2D eigenvalue weighted by molar-refractivity contribution is -0.147. The Hall–Kier alpha value is 1.22. The van der Waals surface area contributed by atoms with Gasteiger partial charge >= 0.3 is 5.97 Å². The van der Waals surface area contributed by atoms with Crippen molar-refractivity contribution in [2.24, 2.45) is 11.8 Å². The molecule has 13 heteroatoms. The van der Waals surface area contributed by atoms with Crippen LogP contribution in [0.5, 0.6) is 5.75 Å². The summed E-state index contributed by atoms with van der Waals surface area (Å²) < 4.78 is 10.9. The third-order valence-electron chi connectivity index (χ3n) is 9.11. The van der Waals surface area contributed by atoms with Gasteiger partial charge in [0, 0.05) is 26.1 Å². The Morgan fingerprint density at radius 1 is 0.765 bits per heavy atom. The molecule has 51 heavy (non-hydrogen) atoms. The number of carbonyl (C=O) groups is 2. The first-order chi connectivity index (χ1) is 24.3. The maximum atomic E-state index is 14.8. The number of Topliss-reactive ketones (excluding diaryl/α,β-unsaturated/α-hetero) is 1. The zero-order valence-corrected chi connectivity index (χ0v) is 42.4. The number of aliphatic hydroxyl groups is 2. The predicted molar refractivity (Wildman–Crippen MR) is 261 cm³/mol. The van der Waals surface area contributed by atoms with E-state index < -0.39 is 36.4 Å². The van der Waals surface area contributed by atoms with Gasteiger partial charge in [0.25, 0.3) is 0 Å². The van der Waals surface area contributed by atoms with E-state index in [2.05, 4.69) is 155 Å². The third kappa shape index (κ3) is 15.6. The van der Waals surface area contributed by atoms with Gasteiger partial charge in [-0.1, -0.05) is 77.4 Å². The first-order valence-corrected chi connectivity index (χ1v) is 24.3. The van der Waals surface area contributed by atoms with Gasteiger partial charge in [-0.05, 0) is 198 Å². The number of aliphatic hydroxyl groups excluding tert-OH is 2. The standard InChI is InChI=1S/C38H52I6N2O5/c1-3-5-6-7-8-9-10-11-12-13-14-15-16-17-18-23(19-24(48)22-47)36(49)31(25(4-2)30-26(39)20-27(40)34(45)32(30)43)38(50)51-37-29(42)21-28(41)35(46)33(37)44/h11-12,20-21,23-25,31,47-48H,3-10,13-19,22,45-46H2,1-2H3. The van der Waals surface area contributed by atoms with Crippen LogP contribution in [0.15, 0.2) is 24.3 Å². The second-order valence-corrected chi connectivity index (χ2v) is 19.8. The molecule has 4 atom stereocenters. The first-order valence-electron chi connectivity index (χ1n) is 17.9. The number of hydrogen-bond acceptors (Lipinski definition) is 7. The fraction of sp³-hybridized carbons (Fsp3) is 0.579. The fourth-order valence-corrected chi connectivity index (χ4v) is 14.0. The molecule has 4 unspecified atom stereocenters. The number of rotatable bonds is 24. The zero-order valence-electron chi connectivity index (χ0n) is 29.5. The van der Waals surface area contributed by atoms with Crippen molar-refractivity contribution in [3.8, 4) is 5.75 Å². The molecule has 0 aliphatic heterocycles. The van der Waals surface area contributed by atoms with Crippen LogP contribution in [-0.4, -0.2) is 34.7 Å². The largest absolute Gasteiger partial charge is 0.424 e. The number of nitrogen functional groups attached to an aromatic ring is 2. The lowest BCUT2D eigenvalue weighted by Gasteiger charge is -2.30. The average molecular weight is 1380 g/mol. The summed E-state index contributed by atoms with van der Waals surface area (Å²) in [6.45, 7) is 3.76. The number of anilines is 2. The summed E-state index contributed by atoms with van der Waals surface area (Å²) >= 11 is 13.0. The Morgan fingerprint density at radius 3 is 1.86 bits per heavy atom. The summed E-state index contributed by atoms with van der Waals surface area (Å²) in [5, 5.41) is 20.4. The molecule has 0 spiro atoms. The summed E-state index contributed by atoms with van der Waals surface area (Å²) in [7, 11) is 0. The van der Waals surface area contributed by atoms with Gasteiger partial charge in [0.05, 0.1) is 31.2 Å². The summed E-state index contributed by atoms with van der Waals surface area (Å²) in [5.41, 5.74) is 14.8. The highest BCUT2D eigenvalue weighted by Gasteiger charge is 2.42. The van der Waals surface area contributed by atoms with Gasteiger partial charge in [0.15, 0.2) is 11.5 Å². The Labute approximate surface area is 387 Å². The molecule has 0 bridgehead atoms. The molecule has 0 radical (unpaired) electrons. The van der Waals surface area contributed by atoms with Gasteiger partial charge in [0.1, 0.15) is 5.92 Å². The number of halogens is 6. The normalized spacial score (nSPS) is 14.1. The number of hydrogen-bond donors (Lipinski definition) is 4. The van der Waals surface area contributed by atoms with Crippen LogP contribution in [0.3, 0.4) is 0 Å². The van der Waals surface area contributed by atoms with Gasteiger partial charge in [0.2, 0.25) is 0 Å². The van der Waals surface area contributed by atoms with Crippen LogP contribution in [0.25, 0.3) is 0 Å². The number of allylic oxidation sites excluding steroid dienone is 2. The van der Waals surface area contributed by atoms with Crippen molar-refractivity contribution in [3.63, 3.8) is 0 Å². The van der Waals surface area contributed by atoms with Gasteiger partial charge in [-0.2, -0.15) is 0 Å². The van der Waals surface area contributed by atoms with Crippen LogP contribution < -0.4 is 16.2 Å². The number of nitrogens with two attached hydrogens (primary N) is 2. The van der Waals surface area contributed by atoms with Crippen molar-refractivity contribution < 1.29 is 24.5 Å². The molecule has 0 amide bonds. The number of ether oxygens (including phenoxy) is 1. The van der Waals surface area contributed by atoms with Gasteiger partial charge in [-0.25, -0.2) is 0 Å². The van der Waals surface area contributed by atoms with E-state index in [0.717, 1.165) is 61.9 Å². The molecule has 2 rings (SSSR count). The van der Waals surface area contributed by atoms with Crippen molar-refractivity contribution >= 4 is 159 Å². The molecular formula is C38H52I6N2O5. The molecule has 286 valence electrons. The van der Waals surface area contributed by atoms with E-state index in [9.17, 15) is 19.8 Å². The van der Waals surface area contributed by atoms with Crippen molar-refractivity contribution in [2.45, 2.75) is 122 Å². The van der Waals surface area contributed by atoms with Gasteiger partial charge in [-0.15, -0.1) is 0 Å². The van der Waals surface area contributed by atoms with Crippen molar-refractivity contribution in [3.05, 3.63) is 51.3 Å². The zero-order chi connectivity index (χ0) is 38.1. The number of carbonyl (C=O) groups excluding carboxylic acids is 2. The van der Waals surface area contributed by atoms with Crippen LogP contribution in [0.4, 0.5) is 11.4 Å². The van der Waals surface area contributed by atoms with Crippen LogP contribution in [0.2, 0.25) is 0 Å². The smallest absolute Gasteiger partial charge is 0.322 e. The minimum absolute atomic E-state index is 0.0747. The molecular weight excluding hydrogens is 1330 g/mol. The van der Waals surface area contributed by atoms with E-state index >= 15 is 0 Å². The molecule has 0 saturated heterocycles. The number of unbranched alkanes of at least 4 members (excludes halogenated alkanes) is 10. The van der Waals surface area contributed by atoms with Gasteiger partial charge < -0.3 is 26.4 Å². The Morgan fingerprint density at radius 2 is 1.29 bits per heavy atom. The monoisotopic (exact) mass is 1380 g/mol. The second-order valence-electron chi connectivity index (χ2n) is 13.0. The van der Waals surface area contributed by atoms with Crippen LogP contribution in [0, 0.1) is 33.3 Å². The van der Waals surface area contributed by atoms with E-state index in [4.69, 9.17) is 16.2 Å². The number of esters is 1. The highest BCUT2D eigenvalue weighted by molar-refractivity contribution is 14.1. The Kier molecular flexibility index (Phi) is 24.8. The van der Waals surface area contributed by atoms with E-state index in [0.29, 0.717) is 33.5 Å². The molecule has 7 nitrogen and oxygen atoms in total. The molecule has 6 N–H and O–H groups in total. The highest BCUT2D eigenvalue weighted by atomic mass is 127. The van der Waals surface area contributed by atoms with Crippen LogP contribution in [0.1, 0.15) is 122 Å². The van der Waals surface area contributed by atoms with E-state index in [-0.39, 0.29) is 12.2 Å². The van der Waals surface area contributed by atoms with Crippen molar-refractivity contribution in [1.29, 1.82) is 0 Å². The van der Waals surface area contributed by atoms with Crippen LogP contribution >= 0.6 is 136 Å². The van der Waals surface area contributed by atoms with E-state index in [1.165, 1.54) is 38.5 Å². The maximum Gasteiger partial charge on any atom is 0.322 e. The highest BCUT2D eigenvalue weighted by Crippen LogP contribution is 2.42. The maximum absolute atomic E-state index is 14.8. The fourth-order valence-electron chi connectivity index (χ4n) is 6.21. The Bertz CT molecular complexity index is 1460. The minimum Gasteiger partial charge on any atom is -0.424 e. The minimum atomic E-state index is -1.16. The Balaban J connectivity index is 2.30. The quantitative estimate of drug-likeness (QED) is 0.0156. The second kappa shape index (κ2) is 26.2. The van der Waals surface area contributed by atoms with Crippen molar-refractivity contribution in [1.82, 2.24) is 0 Å². The molecule has 0 fully saturated rings. The molecule has 0 saturated carbocycles. The third-order valence-corrected chi connectivity index (χ3v) is 14.8. The van der Waals surface area contributed by atoms with Gasteiger partial charge in [-0.3, -0.25) is 9.59 Å². The topological polar surface area (TPSA) is 136 Å². The lowest BCUT2D eigenvalue weighted by atomic mass is 9.75. The molecule has 0 heterocycles. The molecule has 0 aliphatic rings. The molecule has 0 aromatic heterocycles. The number of benzene rings is 2. The van der Waals surface area contributed by atoms with E-state index in [1.54, 1.807) is 0 Å².